The van der Waals surface area contributed by atoms with Crippen molar-refractivity contribution in [1.82, 2.24) is 14.9 Å². The lowest BCUT2D eigenvalue weighted by molar-refractivity contribution is -0.135. The highest BCUT2D eigenvalue weighted by Gasteiger charge is 2.34. The Morgan fingerprint density at radius 2 is 2.07 bits per heavy atom. The maximum absolute atomic E-state index is 12.7. The summed E-state index contributed by atoms with van der Waals surface area (Å²) in [4.78, 5) is 37.0. The van der Waals surface area contributed by atoms with Gasteiger partial charge < -0.3 is 19.9 Å². The van der Waals surface area contributed by atoms with Gasteiger partial charge in [0.1, 0.15) is 17.6 Å². The van der Waals surface area contributed by atoms with Gasteiger partial charge in [-0.3, -0.25) is 14.6 Å². The van der Waals surface area contributed by atoms with Crippen LogP contribution < -0.4 is 15.0 Å². The molecule has 0 radical (unpaired) electrons. The first-order chi connectivity index (χ1) is 13.1. The topological polar surface area (TPSA) is 87.7 Å². The smallest absolute Gasteiger partial charge is 0.247 e. The number of likely N-dealkylation sites (N-methyl/N-ethyl adjacent to an activating group) is 1. The van der Waals surface area contributed by atoms with Crippen LogP contribution >= 0.6 is 0 Å². The minimum atomic E-state index is -0.463. The minimum absolute atomic E-state index is 0.101. The van der Waals surface area contributed by atoms with Gasteiger partial charge in [0, 0.05) is 31.7 Å². The van der Waals surface area contributed by atoms with E-state index >= 15 is 0 Å². The lowest BCUT2D eigenvalue weighted by Gasteiger charge is -2.26. The lowest BCUT2D eigenvalue weighted by atomic mass is 10.2. The quantitative estimate of drug-likeness (QED) is 0.831. The van der Waals surface area contributed by atoms with Crippen molar-refractivity contribution in [3.63, 3.8) is 0 Å². The maximum atomic E-state index is 12.7. The van der Waals surface area contributed by atoms with E-state index in [4.69, 9.17) is 4.74 Å². The molecule has 1 aliphatic heterocycles. The second-order valence-corrected chi connectivity index (χ2v) is 6.38. The van der Waals surface area contributed by atoms with Crippen LogP contribution in [0.5, 0.6) is 5.75 Å². The molecule has 0 spiro atoms. The molecular weight excluding hydrogens is 346 g/mol. The van der Waals surface area contributed by atoms with E-state index in [1.165, 1.54) is 0 Å². The Labute approximate surface area is 158 Å². The Morgan fingerprint density at radius 3 is 2.74 bits per heavy atom. The van der Waals surface area contributed by atoms with Crippen LogP contribution in [-0.4, -0.2) is 60.0 Å². The predicted octanol–water partition coefficient (Wildman–Crippen LogP) is 1.55. The van der Waals surface area contributed by atoms with Crippen LogP contribution in [0.3, 0.4) is 0 Å². The van der Waals surface area contributed by atoms with Crippen LogP contribution in [-0.2, 0) is 9.59 Å². The average molecular weight is 369 g/mol. The third-order valence-corrected chi connectivity index (χ3v) is 4.55. The maximum Gasteiger partial charge on any atom is 0.247 e. The molecule has 1 aliphatic rings. The fourth-order valence-corrected chi connectivity index (χ4v) is 3.10. The summed E-state index contributed by atoms with van der Waals surface area (Å²) in [6, 6.07) is 6.65. The highest BCUT2D eigenvalue weighted by atomic mass is 16.5. The van der Waals surface area contributed by atoms with Gasteiger partial charge in [-0.2, -0.15) is 0 Å². The normalized spacial score (nSPS) is 16.1. The molecule has 2 aromatic rings. The van der Waals surface area contributed by atoms with E-state index in [-0.39, 0.29) is 18.4 Å². The molecule has 142 valence electrons. The highest BCUT2D eigenvalue weighted by Crippen LogP contribution is 2.21. The number of amides is 2. The van der Waals surface area contributed by atoms with Crippen molar-refractivity contribution in [2.75, 3.05) is 37.5 Å². The van der Waals surface area contributed by atoms with Gasteiger partial charge in [-0.15, -0.1) is 0 Å². The second-order valence-electron chi connectivity index (χ2n) is 6.38. The largest absolute Gasteiger partial charge is 0.497 e. The van der Waals surface area contributed by atoms with Gasteiger partial charge in [-0.05, 0) is 37.1 Å². The van der Waals surface area contributed by atoms with Crippen molar-refractivity contribution in [2.24, 2.45) is 0 Å². The van der Waals surface area contributed by atoms with Gasteiger partial charge in [0.25, 0.3) is 0 Å². The number of hydrogen-bond donors (Lipinski definition) is 1. The Morgan fingerprint density at radius 1 is 1.30 bits per heavy atom. The predicted molar refractivity (Wildman–Crippen MR) is 102 cm³/mol. The van der Waals surface area contributed by atoms with Gasteiger partial charge >= 0.3 is 0 Å². The van der Waals surface area contributed by atoms with Gasteiger partial charge in [0.2, 0.25) is 11.8 Å². The fraction of sp³-hybridized carbons (Fsp3) is 0.368. The summed E-state index contributed by atoms with van der Waals surface area (Å²) in [5, 5.41) is 2.88. The molecule has 0 saturated carbocycles. The number of hydrogen-bond acceptors (Lipinski definition) is 6. The second kappa shape index (κ2) is 8.48. The van der Waals surface area contributed by atoms with Crippen molar-refractivity contribution in [1.29, 1.82) is 0 Å². The summed E-state index contributed by atoms with van der Waals surface area (Å²) < 4.78 is 5.12. The number of nitrogens with zero attached hydrogens (tertiary/aromatic N) is 4. The zero-order valence-corrected chi connectivity index (χ0v) is 15.5. The number of rotatable bonds is 6. The summed E-state index contributed by atoms with van der Waals surface area (Å²) in [5.74, 6) is 1.06. The number of benzene rings is 1. The summed E-state index contributed by atoms with van der Waals surface area (Å²) in [5.41, 5.74) is 0.678. The molecule has 8 heteroatoms. The molecule has 3 rings (SSSR count). The molecule has 2 heterocycles. The number of methoxy groups -OCH3 is 1. The SMILES string of the molecule is COc1ccc(NC(=O)[C@@H]2CCCN2C(=O)CN(C)c2cnccn2)cc1. The molecule has 0 bridgehead atoms. The summed E-state index contributed by atoms with van der Waals surface area (Å²) in [6.07, 6.45) is 6.23. The number of carbonyl (C=O) groups is 2. The number of carbonyl (C=O) groups excluding carboxylic acids is 2. The van der Waals surface area contributed by atoms with Gasteiger partial charge in [-0.1, -0.05) is 0 Å². The van der Waals surface area contributed by atoms with E-state index in [2.05, 4.69) is 15.3 Å². The first-order valence-corrected chi connectivity index (χ1v) is 8.80. The molecule has 8 nitrogen and oxygen atoms in total. The molecular formula is C19H23N5O3. The van der Waals surface area contributed by atoms with E-state index < -0.39 is 6.04 Å². The third-order valence-electron chi connectivity index (χ3n) is 4.55. The van der Waals surface area contributed by atoms with E-state index in [1.807, 2.05) is 0 Å². The Balaban J connectivity index is 1.61. The van der Waals surface area contributed by atoms with Crippen molar-refractivity contribution < 1.29 is 14.3 Å². The zero-order valence-electron chi connectivity index (χ0n) is 15.5. The molecule has 2 amide bonds. The number of likely N-dealkylation sites (tertiary alicyclic amines) is 1. The van der Waals surface area contributed by atoms with Crippen LogP contribution in [0.1, 0.15) is 12.8 Å². The van der Waals surface area contributed by atoms with Gasteiger partial charge in [0.05, 0.1) is 19.9 Å². The zero-order chi connectivity index (χ0) is 19.2. The van der Waals surface area contributed by atoms with Crippen molar-refractivity contribution >= 4 is 23.3 Å². The monoisotopic (exact) mass is 369 g/mol. The fourth-order valence-electron chi connectivity index (χ4n) is 3.10. The number of nitrogens with one attached hydrogen (secondary N) is 1. The standard InChI is InChI=1S/C19H23N5O3/c1-23(17-12-20-9-10-21-17)13-18(25)24-11-3-4-16(24)19(26)22-14-5-7-15(27-2)8-6-14/h5-10,12,16H,3-4,11,13H2,1-2H3,(H,22,26)/t16-/m0/s1. The highest BCUT2D eigenvalue weighted by molar-refractivity contribution is 5.98. The molecule has 1 saturated heterocycles. The summed E-state index contributed by atoms with van der Waals surface area (Å²) >= 11 is 0. The number of ether oxygens (including phenoxy) is 1. The van der Waals surface area contributed by atoms with E-state index in [9.17, 15) is 9.59 Å². The third kappa shape index (κ3) is 4.52. The molecule has 0 unspecified atom stereocenters. The summed E-state index contributed by atoms with van der Waals surface area (Å²) in [7, 11) is 3.37. The van der Waals surface area contributed by atoms with Crippen LogP contribution in [0.4, 0.5) is 11.5 Å². The van der Waals surface area contributed by atoms with Crippen LogP contribution in [0, 0.1) is 0 Å². The van der Waals surface area contributed by atoms with Crippen molar-refractivity contribution in [3.05, 3.63) is 42.9 Å². The first kappa shape index (κ1) is 18.6. The molecule has 0 aliphatic carbocycles. The summed E-state index contributed by atoms with van der Waals surface area (Å²) in [6.45, 7) is 0.721. The molecule has 1 fully saturated rings. The lowest BCUT2D eigenvalue weighted by Crippen LogP contribution is -2.46. The van der Waals surface area contributed by atoms with Gasteiger partial charge in [0.15, 0.2) is 0 Å². The van der Waals surface area contributed by atoms with E-state index in [1.54, 1.807) is 66.8 Å². The Hall–Kier alpha value is -3.16. The molecule has 1 N–H and O–H groups in total. The molecule has 1 aromatic carbocycles. The van der Waals surface area contributed by atoms with E-state index in [0.717, 1.165) is 12.2 Å². The van der Waals surface area contributed by atoms with Gasteiger partial charge in [-0.25, -0.2) is 4.98 Å². The number of aromatic nitrogens is 2. The van der Waals surface area contributed by atoms with Crippen molar-refractivity contribution in [3.8, 4) is 5.75 Å². The molecule has 1 aromatic heterocycles. The average Bonchev–Trinajstić information content (AvgIpc) is 3.19. The Bertz CT molecular complexity index is 782. The van der Waals surface area contributed by atoms with E-state index in [0.29, 0.717) is 24.5 Å². The Kier molecular flexibility index (Phi) is 5.85. The molecule has 27 heavy (non-hydrogen) atoms. The van der Waals surface area contributed by atoms with Crippen molar-refractivity contribution in [2.45, 2.75) is 18.9 Å². The first-order valence-electron chi connectivity index (χ1n) is 8.80. The van der Waals surface area contributed by atoms with Crippen LogP contribution in [0.2, 0.25) is 0 Å². The van der Waals surface area contributed by atoms with Crippen LogP contribution in [0.25, 0.3) is 0 Å². The minimum Gasteiger partial charge on any atom is -0.497 e. The van der Waals surface area contributed by atoms with Crippen LogP contribution in [0.15, 0.2) is 42.9 Å². The number of anilines is 2. The molecule has 1 atom stereocenters.